The number of ketones is 1. The van der Waals surface area contributed by atoms with E-state index in [0.29, 0.717) is 22.6 Å². The van der Waals surface area contributed by atoms with Crippen LogP contribution in [0.25, 0.3) is 0 Å². The maximum absolute atomic E-state index is 12.7. The zero-order valence-electron chi connectivity index (χ0n) is 18.3. The van der Waals surface area contributed by atoms with Crippen molar-refractivity contribution >= 4 is 40.4 Å². The molecule has 0 radical (unpaired) electrons. The second kappa shape index (κ2) is 9.00. The number of Topliss-reactive ketones (excluding diaryl/α,β-unsaturated/α-hetero) is 1. The second-order valence-electron chi connectivity index (χ2n) is 7.84. The lowest BCUT2D eigenvalue weighted by atomic mass is 10.1. The Balaban J connectivity index is 1.44. The molecule has 8 heteroatoms. The fraction of sp³-hybridized carbons (Fsp3) is 0.292. The van der Waals surface area contributed by atoms with Gasteiger partial charge in [0.1, 0.15) is 0 Å². The van der Waals surface area contributed by atoms with Crippen LogP contribution in [0.1, 0.15) is 49.5 Å². The Morgan fingerprint density at radius 2 is 1.94 bits per heavy atom. The third-order valence-electron chi connectivity index (χ3n) is 5.73. The van der Waals surface area contributed by atoms with Crippen LogP contribution in [0, 0.1) is 6.92 Å². The van der Waals surface area contributed by atoms with E-state index in [1.807, 2.05) is 35.6 Å². The summed E-state index contributed by atoms with van der Waals surface area (Å²) in [5, 5.41) is 5.00. The van der Waals surface area contributed by atoms with E-state index in [1.54, 1.807) is 6.92 Å². The number of nitrogens with zero attached hydrogens (tertiary/aromatic N) is 1. The molecule has 0 atom stereocenters. The second-order valence-corrected chi connectivity index (χ2v) is 8.84. The van der Waals surface area contributed by atoms with Gasteiger partial charge < -0.3 is 19.9 Å². The van der Waals surface area contributed by atoms with Crippen LogP contribution in [0.3, 0.4) is 0 Å². The van der Waals surface area contributed by atoms with Gasteiger partial charge in [0.05, 0.1) is 24.8 Å². The van der Waals surface area contributed by atoms with Crippen LogP contribution in [0.4, 0.5) is 11.4 Å². The van der Waals surface area contributed by atoms with Gasteiger partial charge in [-0.25, -0.2) is 4.79 Å². The van der Waals surface area contributed by atoms with Crippen LogP contribution in [0.5, 0.6) is 0 Å². The Labute approximate surface area is 190 Å². The molecule has 3 aromatic rings. The summed E-state index contributed by atoms with van der Waals surface area (Å²) in [6, 6.07) is 9.93. The van der Waals surface area contributed by atoms with Gasteiger partial charge in [-0.15, -0.1) is 11.3 Å². The van der Waals surface area contributed by atoms with Gasteiger partial charge in [0, 0.05) is 42.0 Å². The number of methoxy groups -OCH3 is 1. The van der Waals surface area contributed by atoms with Crippen LogP contribution in [-0.4, -0.2) is 36.3 Å². The van der Waals surface area contributed by atoms with E-state index >= 15 is 0 Å². The van der Waals surface area contributed by atoms with Crippen molar-refractivity contribution in [1.82, 2.24) is 4.98 Å². The molecule has 0 saturated heterocycles. The first-order chi connectivity index (χ1) is 15.4. The molecule has 2 aromatic heterocycles. The summed E-state index contributed by atoms with van der Waals surface area (Å²) < 4.78 is 4.83. The van der Waals surface area contributed by atoms with E-state index in [4.69, 9.17) is 4.74 Å². The fourth-order valence-corrected chi connectivity index (χ4v) is 5.00. The molecule has 4 rings (SSSR count). The number of aromatic amines is 1. The summed E-state index contributed by atoms with van der Waals surface area (Å²) in [5.41, 5.74) is 4.57. The zero-order valence-corrected chi connectivity index (χ0v) is 19.1. The van der Waals surface area contributed by atoms with E-state index in [9.17, 15) is 14.4 Å². The number of anilines is 2. The molecule has 0 aliphatic carbocycles. The number of esters is 1. The molecule has 0 saturated carbocycles. The lowest BCUT2D eigenvalue weighted by molar-refractivity contribution is -0.115. The first-order valence-corrected chi connectivity index (χ1v) is 11.3. The van der Waals surface area contributed by atoms with Crippen molar-refractivity contribution < 1.29 is 19.1 Å². The Morgan fingerprint density at radius 1 is 1.19 bits per heavy atom. The van der Waals surface area contributed by atoms with E-state index in [-0.39, 0.29) is 23.7 Å². The highest BCUT2D eigenvalue weighted by Crippen LogP contribution is 2.28. The number of hydrogen-bond acceptors (Lipinski definition) is 6. The normalized spacial score (nSPS) is 12.9. The molecule has 2 N–H and O–H groups in total. The molecule has 166 valence electrons. The highest BCUT2D eigenvalue weighted by atomic mass is 32.1. The van der Waals surface area contributed by atoms with Gasteiger partial charge in [-0.1, -0.05) is 0 Å². The number of fused-ring (bicyclic) bond motifs is 1. The van der Waals surface area contributed by atoms with Crippen LogP contribution in [0.15, 0.2) is 35.7 Å². The predicted molar refractivity (Wildman–Crippen MR) is 125 cm³/mol. The lowest BCUT2D eigenvalue weighted by Gasteiger charge is -2.29. The number of carbonyl (C=O) groups is 3. The minimum Gasteiger partial charge on any atom is -0.465 e. The number of rotatable bonds is 6. The predicted octanol–water partition coefficient (Wildman–Crippen LogP) is 4.12. The Hall–Kier alpha value is -3.39. The highest BCUT2D eigenvalue weighted by Gasteiger charge is 2.24. The van der Waals surface area contributed by atoms with Gasteiger partial charge in [-0.05, 0) is 60.2 Å². The van der Waals surface area contributed by atoms with E-state index in [2.05, 4.69) is 26.6 Å². The lowest BCUT2D eigenvalue weighted by Crippen LogP contribution is -2.29. The number of carbonyl (C=O) groups excluding carboxylic acids is 3. The quantitative estimate of drug-likeness (QED) is 0.435. The average molecular weight is 452 g/mol. The number of thiophene rings is 1. The van der Waals surface area contributed by atoms with Gasteiger partial charge in [0.2, 0.25) is 5.91 Å². The SMILES string of the molecule is COC(=O)c1c(CC(=O)Nc2ccc(N3CCc4sccc4C3)cc2)[nH]c(C(C)=O)c1C. The molecule has 1 aromatic carbocycles. The first-order valence-electron chi connectivity index (χ1n) is 10.4. The number of aromatic nitrogens is 1. The molecule has 32 heavy (non-hydrogen) atoms. The fourth-order valence-electron chi connectivity index (χ4n) is 4.11. The third-order valence-corrected chi connectivity index (χ3v) is 6.75. The van der Waals surface area contributed by atoms with Crippen molar-refractivity contribution in [2.45, 2.75) is 33.2 Å². The molecule has 1 aliphatic rings. The van der Waals surface area contributed by atoms with E-state index in [0.717, 1.165) is 25.2 Å². The molecular weight excluding hydrogens is 426 g/mol. The van der Waals surface area contributed by atoms with Crippen molar-refractivity contribution in [2.24, 2.45) is 0 Å². The monoisotopic (exact) mass is 451 g/mol. The number of nitrogens with one attached hydrogen (secondary N) is 2. The summed E-state index contributed by atoms with van der Waals surface area (Å²) in [4.78, 5) is 43.4. The summed E-state index contributed by atoms with van der Waals surface area (Å²) in [6.45, 7) is 4.94. The molecule has 0 spiro atoms. The molecule has 0 unspecified atom stereocenters. The Kier molecular flexibility index (Phi) is 6.14. The van der Waals surface area contributed by atoms with Gasteiger partial charge in [0.25, 0.3) is 0 Å². The number of hydrogen-bond donors (Lipinski definition) is 2. The topological polar surface area (TPSA) is 91.5 Å². The third kappa shape index (κ3) is 4.31. The largest absolute Gasteiger partial charge is 0.465 e. The molecule has 1 aliphatic heterocycles. The van der Waals surface area contributed by atoms with E-state index in [1.165, 1.54) is 24.5 Å². The van der Waals surface area contributed by atoms with Crippen LogP contribution in [-0.2, 0) is 28.9 Å². The van der Waals surface area contributed by atoms with Crippen LogP contribution < -0.4 is 10.2 Å². The van der Waals surface area contributed by atoms with Crippen LogP contribution in [0.2, 0.25) is 0 Å². The smallest absolute Gasteiger partial charge is 0.339 e. The van der Waals surface area contributed by atoms with Crippen molar-refractivity contribution in [3.63, 3.8) is 0 Å². The standard InChI is InChI=1S/C24H25N3O4S/c1-14-22(24(30)31-3)19(26-23(14)15(2)28)12-21(29)25-17-4-6-18(7-5-17)27-10-8-20-16(13-27)9-11-32-20/h4-7,9,11,26H,8,10,12-13H2,1-3H3,(H,25,29). The number of amides is 1. The molecule has 3 heterocycles. The summed E-state index contributed by atoms with van der Waals surface area (Å²) in [5.74, 6) is -1.07. The first kappa shape index (κ1) is 21.8. The molecule has 0 bridgehead atoms. The maximum atomic E-state index is 12.7. The van der Waals surface area contributed by atoms with Crippen molar-refractivity contribution in [3.05, 3.63) is 68.7 Å². The average Bonchev–Trinajstić information content (AvgIpc) is 3.37. The van der Waals surface area contributed by atoms with Crippen molar-refractivity contribution in [2.75, 3.05) is 23.9 Å². The minimum atomic E-state index is -0.575. The Bertz CT molecular complexity index is 1180. The minimum absolute atomic E-state index is 0.0760. The van der Waals surface area contributed by atoms with Gasteiger partial charge >= 0.3 is 5.97 Å². The molecule has 0 fully saturated rings. The van der Waals surface area contributed by atoms with Crippen LogP contribution >= 0.6 is 11.3 Å². The molecule has 1 amide bonds. The highest BCUT2D eigenvalue weighted by molar-refractivity contribution is 7.10. The number of ether oxygens (including phenoxy) is 1. The van der Waals surface area contributed by atoms with Crippen molar-refractivity contribution in [1.29, 1.82) is 0 Å². The summed E-state index contributed by atoms with van der Waals surface area (Å²) >= 11 is 1.82. The zero-order chi connectivity index (χ0) is 22.8. The molecule has 7 nitrogen and oxygen atoms in total. The summed E-state index contributed by atoms with van der Waals surface area (Å²) in [7, 11) is 1.27. The van der Waals surface area contributed by atoms with Crippen molar-refractivity contribution in [3.8, 4) is 0 Å². The molecular formula is C24H25N3O4S. The van der Waals surface area contributed by atoms with Gasteiger partial charge in [-0.2, -0.15) is 0 Å². The number of benzene rings is 1. The number of H-pyrrole nitrogens is 1. The van der Waals surface area contributed by atoms with E-state index < -0.39 is 5.97 Å². The van der Waals surface area contributed by atoms with Gasteiger partial charge in [-0.3, -0.25) is 9.59 Å². The Morgan fingerprint density at radius 3 is 2.62 bits per heavy atom. The van der Waals surface area contributed by atoms with Gasteiger partial charge in [0.15, 0.2) is 5.78 Å². The maximum Gasteiger partial charge on any atom is 0.339 e. The summed E-state index contributed by atoms with van der Waals surface area (Å²) in [6.07, 6.45) is 0.971.